The monoisotopic (exact) mass is 523 g/mol. The molecule has 0 spiro atoms. The largest absolute Gasteiger partial charge is 0.494 e. The number of hydrogen-bond acceptors (Lipinski definition) is 5. The van der Waals surface area contributed by atoms with Gasteiger partial charge in [-0.15, -0.1) is 0 Å². The van der Waals surface area contributed by atoms with Crippen molar-refractivity contribution in [1.82, 2.24) is 0 Å². The molecule has 0 aliphatic rings. The van der Waals surface area contributed by atoms with Gasteiger partial charge in [0, 0.05) is 11.4 Å². The second-order valence-corrected chi connectivity index (χ2v) is 8.36. The zero-order valence-electron chi connectivity index (χ0n) is 19.6. The molecule has 184 valence electrons. The number of nitrogens with one attached hydrogen (secondary N) is 2. The Morgan fingerprint density at radius 2 is 1.67 bits per heavy atom. The highest BCUT2D eigenvalue weighted by atomic mass is 35.5. The van der Waals surface area contributed by atoms with Crippen molar-refractivity contribution >= 4 is 52.5 Å². The number of aryl methyl sites for hydroxylation is 1. The van der Waals surface area contributed by atoms with Crippen molar-refractivity contribution in [2.75, 3.05) is 23.8 Å². The molecule has 3 aromatic rings. The molecule has 0 fully saturated rings. The molecule has 36 heavy (non-hydrogen) atoms. The number of nitrogens with zero attached hydrogens (tertiary/aromatic N) is 1. The third kappa shape index (κ3) is 7.25. The number of nitriles is 1. The Kier molecular flexibility index (Phi) is 9.34. The Morgan fingerprint density at radius 1 is 1.00 bits per heavy atom. The van der Waals surface area contributed by atoms with Crippen molar-refractivity contribution in [2.24, 2.45) is 0 Å². The van der Waals surface area contributed by atoms with E-state index in [1.54, 1.807) is 30.3 Å². The van der Waals surface area contributed by atoms with Crippen LogP contribution in [0.2, 0.25) is 10.0 Å². The molecule has 0 bridgehead atoms. The van der Waals surface area contributed by atoms with E-state index in [-0.39, 0.29) is 33.9 Å². The van der Waals surface area contributed by atoms with Crippen molar-refractivity contribution in [3.63, 3.8) is 0 Å². The van der Waals surface area contributed by atoms with E-state index in [0.29, 0.717) is 29.3 Å². The number of anilines is 2. The van der Waals surface area contributed by atoms with Crippen LogP contribution in [-0.4, -0.2) is 25.0 Å². The van der Waals surface area contributed by atoms with Gasteiger partial charge in [0.15, 0.2) is 12.4 Å². The summed E-state index contributed by atoms with van der Waals surface area (Å²) in [6.45, 7) is 3.98. The van der Waals surface area contributed by atoms with Crippen molar-refractivity contribution in [3.05, 3.63) is 87.4 Å². The molecule has 7 nitrogen and oxygen atoms in total. The standard InChI is InChI=1S/C27H23Cl2N3O4/c1-3-35-21-10-8-20(9-11-21)31-27(34)19(15-30)12-18-13-22(28)26(23(29)14-18)36-16-25(33)32-24-7-5-4-6-17(24)2/h4-14H,3,16H2,1-2H3,(H,31,34)(H,32,33)/b19-12+. The van der Waals surface area contributed by atoms with Crippen LogP contribution in [0, 0.1) is 18.3 Å². The predicted molar refractivity (Wildman–Crippen MR) is 142 cm³/mol. The molecule has 0 aliphatic carbocycles. The smallest absolute Gasteiger partial charge is 0.266 e. The average molecular weight is 524 g/mol. The fourth-order valence-electron chi connectivity index (χ4n) is 3.15. The maximum Gasteiger partial charge on any atom is 0.266 e. The van der Waals surface area contributed by atoms with Crippen molar-refractivity contribution in [3.8, 4) is 17.6 Å². The molecule has 0 saturated carbocycles. The van der Waals surface area contributed by atoms with Crippen LogP contribution < -0.4 is 20.1 Å². The van der Waals surface area contributed by atoms with Crippen molar-refractivity contribution in [2.45, 2.75) is 13.8 Å². The van der Waals surface area contributed by atoms with Crippen LogP contribution in [0.3, 0.4) is 0 Å². The molecule has 3 aromatic carbocycles. The molecule has 3 rings (SSSR count). The summed E-state index contributed by atoms with van der Waals surface area (Å²) in [5, 5.41) is 15.2. The van der Waals surface area contributed by atoms with Gasteiger partial charge in [0.05, 0.1) is 16.7 Å². The highest BCUT2D eigenvalue weighted by molar-refractivity contribution is 6.37. The SMILES string of the molecule is CCOc1ccc(NC(=O)/C(C#N)=C/c2cc(Cl)c(OCC(=O)Nc3ccccc3C)c(Cl)c2)cc1. The van der Waals surface area contributed by atoms with E-state index in [4.69, 9.17) is 32.7 Å². The average Bonchev–Trinajstić information content (AvgIpc) is 2.84. The number of para-hydroxylation sites is 1. The lowest BCUT2D eigenvalue weighted by Crippen LogP contribution is -2.20. The van der Waals surface area contributed by atoms with E-state index in [2.05, 4.69) is 10.6 Å². The number of ether oxygens (including phenoxy) is 2. The van der Waals surface area contributed by atoms with Gasteiger partial charge in [-0.3, -0.25) is 9.59 Å². The summed E-state index contributed by atoms with van der Waals surface area (Å²) in [6, 6.07) is 19.0. The Morgan fingerprint density at radius 3 is 2.28 bits per heavy atom. The molecule has 0 saturated heterocycles. The highest BCUT2D eigenvalue weighted by Gasteiger charge is 2.15. The number of rotatable bonds is 9. The predicted octanol–water partition coefficient (Wildman–Crippen LogP) is 6.26. The summed E-state index contributed by atoms with van der Waals surface area (Å²) < 4.78 is 10.9. The van der Waals surface area contributed by atoms with E-state index >= 15 is 0 Å². The van der Waals surface area contributed by atoms with Crippen LogP contribution in [-0.2, 0) is 9.59 Å². The first-order valence-electron chi connectivity index (χ1n) is 10.9. The third-order valence-electron chi connectivity index (χ3n) is 4.89. The van der Waals surface area contributed by atoms with Gasteiger partial charge in [-0.05, 0) is 73.5 Å². The normalized spacial score (nSPS) is 10.8. The molecule has 0 radical (unpaired) electrons. The fourth-order valence-corrected chi connectivity index (χ4v) is 3.77. The van der Waals surface area contributed by atoms with E-state index in [1.807, 2.05) is 38.1 Å². The minimum absolute atomic E-state index is 0.118. The van der Waals surface area contributed by atoms with Gasteiger partial charge in [-0.2, -0.15) is 5.26 Å². The Labute approximate surface area is 219 Å². The summed E-state index contributed by atoms with van der Waals surface area (Å²) >= 11 is 12.6. The molecule has 9 heteroatoms. The van der Waals surface area contributed by atoms with Gasteiger partial charge < -0.3 is 20.1 Å². The van der Waals surface area contributed by atoms with Crippen molar-refractivity contribution in [1.29, 1.82) is 5.26 Å². The van der Waals surface area contributed by atoms with Crippen molar-refractivity contribution < 1.29 is 19.1 Å². The number of halogens is 2. The first kappa shape index (κ1) is 26.6. The number of carbonyl (C=O) groups excluding carboxylic acids is 2. The van der Waals surface area contributed by atoms with Crippen LogP contribution in [0.25, 0.3) is 6.08 Å². The molecular formula is C27H23Cl2N3O4. The summed E-state index contributed by atoms with van der Waals surface area (Å²) in [4.78, 5) is 24.8. The molecule has 0 heterocycles. The Hall–Kier alpha value is -3.99. The summed E-state index contributed by atoms with van der Waals surface area (Å²) in [7, 11) is 0. The lowest BCUT2D eigenvalue weighted by atomic mass is 10.1. The third-order valence-corrected chi connectivity index (χ3v) is 5.45. The number of amides is 2. The van der Waals surface area contributed by atoms with Crippen LogP contribution in [0.4, 0.5) is 11.4 Å². The minimum atomic E-state index is -0.595. The van der Waals surface area contributed by atoms with Gasteiger partial charge in [0.2, 0.25) is 0 Å². The fraction of sp³-hybridized carbons (Fsp3) is 0.148. The molecule has 0 unspecified atom stereocenters. The Bertz CT molecular complexity index is 1310. The number of benzene rings is 3. The maximum absolute atomic E-state index is 12.6. The van der Waals surface area contributed by atoms with Crippen LogP contribution in [0.5, 0.6) is 11.5 Å². The molecule has 2 N–H and O–H groups in total. The zero-order valence-corrected chi connectivity index (χ0v) is 21.1. The van der Waals surface area contributed by atoms with Crippen LogP contribution >= 0.6 is 23.2 Å². The van der Waals surface area contributed by atoms with Gasteiger partial charge in [-0.25, -0.2) is 0 Å². The summed E-state index contributed by atoms with van der Waals surface area (Å²) in [6.07, 6.45) is 1.36. The van der Waals surface area contributed by atoms with E-state index in [0.717, 1.165) is 5.56 Å². The van der Waals surface area contributed by atoms with E-state index < -0.39 is 5.91 Å². The Balaban J connectivity index is 1.67. The molecule has 2 amide bonds. The first-order valence-corrected chi connectivity index (χ1v) is 11.7. The number of hydrogen-bond donors (Lipinski definition) is 2. The van der Waals surface area contributed by atoms with E-state index in [9.17, 15) is 14.9 Å². The lowest BCUT2D eigenvalue weighted by Gasteiger charge is -2.12. The molecular weight excluding hydrogens is 501 g/mol. The zero-order chi connectivity index (χ0) is 26.1. The molecule has 0 atom stereocenters. The topological polar surface area (TPSA) is 100 Å². The van der Waals surface area contributed by atoms with Crippen LogP contribution in [0.1, 0.15) is 18.1 Å². The molecule has 0 aromatic heterocycles. The van der Waals surface area contributed by atoms with Gasteiger partial charge in [-0.1, -0.05) is 41.4 Å². The van der Waals surface area contributed by atoms with Gasteiger partial charge in [0.25, 0.3) is 11.8 Å². The minimum Gasteiger partial charge on any atom is -0.494 e. The van der Waals surface area contributed by atoms with E-state index in [1.165, 1.54) is 18.2 Å². The number of carbonyl (C=O) groups is 2. The molecule has 0 aliphatic heterocycles. The van der Waals surface area contributed by atoms with Gasteiger partial charge in [0.1, 0.15) is 17.4 Å². The van der Waals surface area contributed by atoms with Crippen LogP contribution in [0.15, 0.2) is 66.2 Å². The lowest BCUT2D eigenvalue weighted by molar-refractivity contribution is -0.118. The second kappa shape index (κ2) is 12.6. The summed E-state index contributed by atoms with van der Waals surface area (Å²) in [5.41, 5.74) is 2.37. The summed E-state index contributed by atoms with van der Waals surface area (Å²) in [5.74, 6) is -0.182. The first-order chi connectivity index (χ1) is 17.3. The van der Waals surface area contributed by atoms with Gasteiger partial charge >= 0.3 is 0 Å². The second-order valence-electron chi connectivity index (χ2n) is 7.55. The highest BCUT2D eigenvalue weighted by Crippen LogP contribution is 2.35. The quantitative estimate of drug-likeness (QED) is 0.254. The maximum atomic E-state index is 12.6.